The molecule has 1 rings (SSSR count). The number of halogens is 2. The Morgan fingerprint density at radius 3 is 2.56 bits per heavy atom. The molecule has 4 nitrogen and oxygen atoms in total. The topological polar surface area (TPSA) is 70.0 Å². The van der Waals surface area contributed by atoms with Crippen LogP contribution in [0.5, 0.6) is 0 Å². The summed E-state index contributed by atoms with van der Waals surface area (Å²) >= 11 is 0. The van der Waals surface area contributed by atoms with E-state index in [0.717, 1.165) is 12.3 Å². The molecule has 7 heteroatoms. The van der Waals surface area contributed by atoms with Crippen molar-refractivity contribution in [2.24, 2.45) is 0 Å². The minimum atomic E-state index is -3.06. The Bertz CT molecular complexity index is 579. The number of nitrogens with one attached hydrogen (secondary N) is 1. The van der Waals surface area contributed by atoms with E-state index in [1.54, 1.807) is 0 Å². The monoisotopic (exact) mass is 274 g/mol. The van der Waals surface area contributed by atoms with Gasteiger partial charge in [0.2, 0.25) is 0 Å². The molecule has 0 saturated carbocycles. The summed E-state index contributed by atoms with van der Waals surface area (Å²) in [6, 6.07) is 3.94. The smallest absolute Gasteiger partial charge is 0.183 e. The molecule has 0 atom stereocenters. The lowest BCUT2D eigenvalue weighted by atomic mass is 10.2. The third-order valence-electron chi connectivity index (χ3n) is 2.21. The van der Waals surface area contributed by atoms with Crippen LogP contribution in [-0.4, -0.2) is 27.0 Å². The third-order valence-corrected chi connectivity index (χ3v) is 3.24. The fourth-order valence-corrected chi connectivity index (χ4v) is 2.00. The molecular formula is C11H12F2N2O2S. The van der Waals surface area contributed by atoms with E-state index in [2.05, 4.69) is 5.32 Å². The summed E-state index contributed by atoms with van der Waals surface area (Å²) in [4.78, 5) is 0. The van der Waals surface area contributed by atoms with Gasteiger partial charge in [0.05, 0.1) is 17.0 Å². The molecule has 1 aromatic rings. The molecule has 0 spiro atoms. The van der Waals surface area contributed by atoms with Gasteiger partial charge in [0, 0.05) is 12.8 Å². The van der Waals surface area contributed by atoms with Gasteiger partial charge in [-0.1, -0.05) is 0 Å². The third kappa shape index (κ3) is 3.96. The number of rotatable bonds is 5. The molecule has 0 amide bonds. The largest absolute Gasteiger partial charge is 0.383 e. The lowest BCUT2D eigenvalue weighted by Crippen LogP contribution is -2.11. The van der Waals surface area contributed by atoms with Crippen LogP contribution >= 0.6 is 0 Å². The molecule has 0 heterocycles. The van der Waals surface area contributed by atoms with Crippen LogP contribution < -0.4 is 5.32 Å². The van der Waals surface area contributed by atoms with Gasteiger partial charge in [0.25, 0.3) is 0 Å². The zero-order chi connectivity index (χ0) is 13.8. The first-order chi connectivity index (χ1) is 8.35. The number of nitriles is 1. The molecule has 1 aromatic carbocycles. The van der Waals surface area contributed by atoms with Gasteiger partial charge in [0.1, 0.15) is 15.9 Å². The molecule has 0 unspecified atom stereocenters. The normalized spacial score (nSPS) is 11.0. The molecule has 0 aromatic heterocycles. The van der Waals surface area contributed by atoms with E-state index < -0.39 is 21.5 Å². The maximum absolute atomic E-state index is 13.4. The number of hydrogen-bond acceptors (Lipinski definition) is 4. The van der Waals surface area contributed by atoms with Crippen LogP contribution in [0.1, 0.15) is 12.0 Å². The maximum atomic E-state index is 13.4. The molecule has 0 fully saturated rings. The second-order valence-electron chi connectivity index (χ2n) is 3.81. The van der Waals surface area contributed by atoms with Gasteiger partial charge in [-0.25, -0.2) is 17.2 Å². The minimum absolute atomic E-state index is 0.0274. The standard InChI is InChI=1S/C11H12F2N2O2S/c1-18(16,17)6-2-5-15-9-4-3-8(7-14)10(12)11(9)13/h3-4,15H,2,5-6H2,1H3. The Labute approximate surface area is 104 Å². The van der Waals surface area contributed by atoms with Crippen LogP contribution in [0.15, 0.2) is 12.1 Å². The van der Waals surface area contributed by atoms with Crippen molar-refractivity contribution in [3.63, 3.8) is 0 Å². The Morgan fingerprint density at radius 1 is 1.33 bits per heavy atom. The predicted molar refractivity (Wildman–Crippen MR) is 63.9 cm³/mol. The van der Waals surface area contributed by atoms with Crippen LogP contribution in [0.25, 0.3) is 0 Å². The zero-order valence-corrected chi connectivity index (χ0v) is 10.5. The first-order valence-corrected chi connectivity index (χ1v) is 7.21. The zero-order valence-electron chi connectivity index (χ0n) is 9.70. The van der Waals surface area contributed by atoms with E-state index in [9.17, 15) is 17.2 Å². The lowest BCUT2D eigenvalue weighted by Gasteiger charge is -2.08. The quantitative estimate of drug-likeness (QED) is 0.829. The highest BCUT2D eigenvalue weighted by Crippen LogP contribution is 2.19. The summed E-state index contributed by atoms with van der Waals surface area (Å²) in [5.41, 5.74) is -0.450. The first-order valence-electron chi connectivity index (χ1n) is 5.15. The van der Waals surface area contributed by atoms with Gasteiger partial charge in [0.15, 0.2) is 11.6 Å². The van der Waals surface area contributed by atoms with E-state index >= 15 is 0 Å². The summed E-state index contributed by atoms with van der Waals surface area (Å²) in [5.74, 6) is -2.36. The molecule has 0 aliphatic rings. The van der Waals surface area contributed by atoms with Crippen LogP contribution in [0, 0.1) is 23.0 Å². The van der Waals surface area contributed by atoms with Crippen molar-refractivity contribution >= 4 is 15.5 Å². The van der Waals surface area contributed by atoms with Gasteiger partial charge in [-0.15, -0.1) is 0 Å². The molecule has 1 N–H and O–H groups in total. The molecule has 98 valence electrons. The second kappa shape index (κ2) is 5.78. The fraction of sp³-hybridized carbons (Fsp3) is 0.364. The van der Waals surface area contributed by atoms with Crippen LogP contribution in [0.4, 0.5) is 14.5 Å². The Kier molecular flexibility index (Phi) is 4.62. The molecule has 0 bridgehead atoms. The lowest BCUT2D eigenvalue weighted by molar-refractivity contribution is 0.508. The van der Waals surface area contributed by atoms with Crippen molar-refractivity contribution in [2.75, 3.05) is 23.9 Å². The number of sulfone groups is 1. The van der Waals surface area contributed by atoms with Crippen molar-refractivity contribution in [3.05, 3.63) is 29.3 Å². The van der Waals surface area contributed by atoms with Gasteiger partial charge in [-0.05, 0) is 18.6 Å². The van der Waals surface area contributed by atoms with Gasteiger partial charge in [-0.3, -0.25) is 0 Å². The number of nitrogens with zero attached hydrogens (tertiary/aromatic N) is 1. The van der Waals surface area contributed by atoms with Crippen molar-refractivity contribution < 1.29 is 17.2 Å². The van der Waals surface area contributed by atoms with Gasteiger partial charge in [-0.2, -0.15) is 5.26 Å². The molecule has 18 heavy (non-hydrogen) atoms. The average Bonchev–Trinajstić information content (AvgIpc) is 2.28. The van der Waals surface area contributed by atoms with Crippen LogP contribution in [0.3, 0.4) is 0 Å². The van der Waals surface area contributed by atoms with E-state index in [0.29, 0.717) is 6.42 Å². The highest BCUT2D eigenvalue weighted by molar-refractivity contribution is 7.90. The summed E-state index contributed by atoms with van der Waals surface area (Å²) < 4.78 is 48.3. The summed E-state index contributed by atoms with van der Waals surface area (Å²) in [6.45, 7) is 0.204. The number of benzene rings is 1. The molecule has 0 radical (unpaired) electrons. The summed E-state index contributed by atoms with van der Waals surface area (Å²) in [7, 11) is -3.06. The van der Waals surface area contributed by atoms with Crippen molar-refractivity contribution in [1.29, 1.82) is 5.26 Å². The number of hydrogen-bond donors (Lipinski definition) is 1. The predicted octanol–water partition coefficient (Wildman–Crippen LogP) is 1.68. The van der Waals surface area contributed by atoms with Crippen molar-refractivity contribution in [2.45, 2.75) is 6.42 Å². The van der Waals surface area contributed by atoms with Gasteiger partial charge < -0.3 is 5.32 Å². The molecule has 0 saturated heterocycles. The van der Waals surface area contributed by atoms with Gasteiger partial charge >= 0.3 is 0 Å². The molecular weight excluding hydrogens is 262 g/mol. The Balaban J connectivity index is 2.65. The van der Waals surface area contributed by atoms with Crippen molar-refractivity contribution in [3.8, 4) is 6.07 Å². The summed E-state index contributed by atoms with van der Waals surface area (Å²) in [6.07, 6.45) is 1.40. The number of anilines is 1. The van der Waals surface area contributed by atoms with E-state index in [1.807, 2.05) is 0 Å². The fourth-order valence-electron chi connectivity index (χ4n) is 1.33. The Morgan fingerprint density at radius 2 is 2.00 bits per heavy atom. The van der Waals surface area contributed by atoms with Crippen LogP contribution in [-0.2, 0) is 9.84 Å². The van der Waals surface area contributed by atoms with Crippen LogP contribution in [0.2, 0.25) is 0 Å². The summed E-state index contributed by atoms with van der Waals surface area (Å²) in [5, 5.41) is 11.1. The average molecular weight is 274 g/mol. The second-order valence-corrected chi connectivity index (χ2v) is 6.07. The van der Waals surface area contributed by atoms with E-state index in [4.69, 9.17) is 5.26 Å². The maximum Gasteiger partial charge on any atom is 0.183 e. The Hall–Kier alpha value is -1.68. The molecule has 0 aliphatic heterocycles. The molecule has 0 aliphatic carbocycles. The van der Waals surface area contributed by atoms with Crippen molar-refractivity contribution in [1.82, 2.24) is 0 Å². The minimum Gasteiger partial charge on any atom is -0.383 e. The van der Waals surface area contributed by atoms with E-state index in [1.165, 1.54) is 12.1 Å². The highest BCUT2D eigenvalue weighted by atomic mass is 32.2. The SMILES string of the molecule is CS(=O)(=O)CCCNc1ccc(C#N)c(F)c1F. The highest BCUT2D eigenvalue weighted by Gasteiger charge is 2.12. The first kappa shape index (κ1) is 14.4. The van der Waals surface area contributed by atoms with E-state index in [-0.39, 0.29) is 23.5 Å².